The zero-order valence-electron chi connectivity index (χ0n) is 19.3. The number of carbonyl (C=O) groups excluding carboxylic acids is 1. The van der Waals surface area contributed by atoms with Crippen LogP contribution in [-0.4, -0.2) is 36.9 Å². The molecular weight excluding hydrogens is 451 g/mol. The van der Waals surface area contributed by atoms with Crippen molar-refractivity contribution in [2.75, 3.05) is 10.6 Å². The Bertz CT molecular complexity index is 1480. The number of aryl methyl sites for hydroxylation is 2. The minimum Gasteiger partial charge on any atom is -0.465 e. The summed E-state index contributed by atoms with van der Waals surface area (Å²) in [5.74, 6) is -0.533. The van der Waals surface area contributed by atoms with Crippen LogP contribution in [0.2, 0.25) is 0 Å². The highest BCUT2D eigenvalue weighted by Gasteiger charge is 2.52. The maximum absolute atomic E-state index is 15.4. The monoisotopic (exact) mass is 474 g/mol. The van der Waals surface area contributed by atoms with Crippen molar-refractivity contribution in [2.24, 2.45) is 18.9 Å². The van der Waals surface area contributed by atoms with Gasteiger partial charge in [0.15, 0.2) is 5.82 Å². The highest BCUT2D eigenvalue weighted by Crippen LogP contribution is 2.54. The third-order valence-corrected chi connectivity index (χ3v) is 6.56. The number of amides is 2. The molecule has 10 heteroatoms. The van der Waals surface area contributed by atoms with Gasteiger partial charge >= 0.3 is 6.09 Å². The second-order valence-corrected chi connectivity index (χ2v) is 8.87. The second kappa shape index (κ2) is 8.46. The molecule has 1 saturated carbocycles. The minimum atomic E-state index is -1.40. The maximum Gasteiger partial charge on any atom is 0.409 e. The molecule has 3 atom stereocenters. The molecule has 3 heterocycles. The Hall–Kier alpha value is -4.34. The van der Waals surface area contributed by atoms with Crippen LogP contribution in [0.15, 0.2) is 49.2 Å². The van der Waals surface area contributed by atoms with E-state index >= 15 is 4.39 Å². The number of halogens is 1. The predicted molar refractivity (Wildman–Crippen MR) is 129 cm³/mol. The lowest BCUT2D eigenvalue weighted by molar-refractivity contribution is -0.117. The van der Waals surface area contributed by atoms with Crippen LogP contribution in [0.4, 0.5) is 20.7 Å². The average molecular weight is 474 g/mol. The summed E-state index contributed by atoms with van der Waals surface area (Å²) >= 11 is 0. The van der Waals surface area contributed by atoms with E-state index in [1.54, 1.807) is 35.3 Å². The molecule has 3 aromatic heterocycles. The number of benzene rings is 1. The van der Waals surface area contributed by atoms with Crippen LogP contribution >= 0.6 is 0 Å². The van der Waals surface area contributed by atoms with Gasteiger partial charge in [0.2, 0.25) is 5.91 Å². The molecule has 0 saturated heterocycles. The number of carboxylic acid groups (broad SMARTS) is 1. The molecule has 0 spiro atoms. The molecule has 178 valence electrons. The number of fused-ring (bicyclic) bond motifs is 1. The van der Waals surface area contributed by atoms with Crippen molar-refractivity contribution in [1.82, 2.24) is 19.7 Å². The second-order valence-electron chi connectivity index (χ2n) is 8.87. The molecule has 35 heavy (non-hydrogen) atoms. The normalized spacial score (nSPS) is 18.9. The lowest BCUT2D eigenvalue weighted by atomic mass is 9.98. The van der Waals surface area contributed by atoms with Crippen molar-refractivity contribution in [2.45, 2.75) is 19.8 Å². The van der Waals surface area contributed by atoms with Gasteiger partial charge < -0.3 is 10.4 Å². The van der Waals surface area contributed by atoms with E-state index in [2.05, 4.69) is 25.7 Å². The lowest BCUT2D eigenvalue weighted by Crippen LogP contribution is -2.16. The van der Waals surface area contributed by atoms with E-state index in [0.29, 0.717) is 16.8 Å². The molecule has 1 aliphatic carbocycles. The third kappa shape index (κ3) is 4.07. The highest BCUT2D eigenvalue weighted by molar-refractivity contribution is 6.04. The number of hydrogen-bond acceptors (Lipinski definition) is 5. The Morgan fingerprint density at radius 3 is 2.63 bits per heavy atom. The summed E-state index contributed by atoms with van der Waals surface area (Å²) in [6.07, 6.45) is 6.78. The molecule has 3 unspecified atom stereocenters. The number of anilines is 2. The zero-order chi connectivity index (χ0) is 24.9. The fourth-order valence-electron chi connectivity index (χ4n) is 4.71. The number of nitrogens with zero attached hydrogens (tertiary/aromatic N) is 4. The third-order valence-electron chi connectivity index (χ3n) is 6.56. The summed E-state index contributed by atoms with van der Waals surface area (Å²) in [4.78, 5) is 32.7. The first-order chi connectivity index (χ1) is 16.7. The van der Waals surface area contributed by atoms with E-state index in [0.717, 1.165) is 11.1 Å². The summed E-state index contributed by atoms with van der Waals surface area (Å²) in [5.41, 5.74) is 2.33. The molecule has 1 aliphatic rings. The van der Waals surface area contributed by atoms with E-state index in [-0.39, 0.29) is 40.3 Å². The fraction of sp³-hybridized carbons (Fsp3) is 0.240. The van der Waals surface area contributed by atoms with Crippen molar-refractivity contribution < 1.29 is 19.1 Å². The largest absolute Gasteiger partial charge is 0.465 e. The van der Waals surface area contributed by atoms with Gasteiger partial charge in [-0.1, -0.05) is 6.92 Å². The summed E-state index contributed by atoms with van der Waals surface area (Å²) < 4.78 is 17.2. The first-order valence-electron chi connectivity index (χ1n) is 11.1. The standard InChI is InChI=1S/C25H23FN6O3/c1-12-4-5-27-9-17(12)16-6-14-7-19(28-10-18(14)23(22(16)26)31-25(34)35)30-24(33)21-13(2)20(21)15-8-29-32(3)11-15/h4-11,13,20-21,31H,1-3H3,(H,34,35)(H,28,30,33). The summed E-state index contributed by atoms with van der Waals surface area (Å²) in [6, 6.07) is 4.97. The van der Waals surface area contributed by atoms with Crippen molar-refractivity contribution in [3.05, 3.63) is 66.1 Å². The van der Waals surface area contributed by atoms with Crippen molar-refractivity contribution in [3.63, 3.8) is 0 Å². The van der Waals surface area contributed by atoms with Gasteiger partial charge in [-0.15, -0.1) is 0 Å². The van der Waals surface area contributed by atoms with Crippen LogP contribution in [0.25, 0.3) is 21.9 Å². The van der Waals surface area contributed by atoms with Gasteiger partial charge in [0.1, 0.15) is 5.82 Å². The Labute approximate surface area is 200 Å². The Balaban J connectivity index is 1.50. The molecule has 0 aliphatic heterocycles. The Morgan fingerprint density at radius 1 is 1.14 bits per heavy atom. The molecule has 3 N–H and O–H groups in total. The van der Waals surface area contributed by atoms with E-state index in [9.17, 15) is 14.7 Å². The molecule has 0 bridgehead atoms. The molecule has 9 nitrogen and oxygen atoms in total. The highest BCUT2D eigenvalue weighted by atomic mass is 19.1. The lowest BCUT2D eigenvalue weighted by Gasteiger charge is -2.14. The van der Waals surface area contributed by atoms with Crippen molar-refractivity contribution >= 4 is 34.3 Å². The molecule has 4 aromatic rings. The van der Waals surface area contributed by atoms with Crippen LogP contribution in [0.3, 0.4) is 0 Å². The van der Waals surface area contributed by atoms with Gasteiger partial charge in [-0.05, 0) is 47.6 Å². The SMILES string of the molecule is Cc1ccncc1-c1cc2cc(NC(=O)C3C(C)C3c3cnn(C)c3)ncc2c(NC(=O)O)c1F. The predicted octanol–water partition coefficient (Wildman–Crippen LogP) is 4.56. The molecule has 2 amide bonds. The number of pyridine rings is 2. The van der Waals surface area contributed by atoms with Gasteiger partial charge in [-0.3, -0.25) is 19.8 Å². The minimum absolute atomic E-state index is 0.0878. The van der Waals surface area contributed by atoms with Crippen LogP contribution < -0.4 is 10.6 Å². The number of hydrogen-bond donors (Lipinski definition) is 3. The number of rotatable bonds is 5. The van der Waals surface area contributed by atoms with E-state index in [1.165, 1.54) is 12.4 Å². The summed E-state index contributed by atoms with van der Waals surface area (Å²) in [6.45, 7) is 3.84. The quantitative estimate of drug-likeness (QED) is 0.390. The Morgan fingerprint density at radius 2 is 1.94 bits per heavy atom. The van der Waals surface area contributed by atoms with Gasteiger partial charge in [0, 0.05) is 60.2 Å². The number of carbonyl (C=O) groups is 2. The van der Waals surface area contributed by atoms with Crippen molar-refractivity contribution in [1.29, 1.82) is 0 Å². The zero-order valence-corrected chi connectivity index (χ0v) is 19.3. The van der Waals surface area contributed by atoms with Gasteiger partial charge in [0.25, 0.3) is 0 Å². The Kier molecular flexibility index (Phi) is 5.43. The van der Waals surface area contributed by atoms with Gasteiger partial charge in [0.05, 0.1) is 11.9 Å². The van der Waals surface area contributed by atoms with E-state index in [1.807, 2.05) is 27.1 Å². The molecule has 1 fully saturated rings. The van der Waals surface area contributed by atoms with E-state index in [4.69, 9.17) is 0 Å². The number of nitrogens with one attached hydrogen (secondary N) is 2. The average Bonchev–Trinajstić information content (AvgIpc) is 3.30. The summed E-state index contributed by atoms with van der Waals surface area (Å²) in [5, 5.41) is 19.3. The van der Waals surface area contributed by atoms with Gasteiger partial charge in [-0.2, -0.15) is 5.10 Å². The molecule has 5 rings (SSSR count). The molecular formula is C25H23FN6O3. The molecule has 0 radical (unpaired) electrons. The smallest absolute Gasteiger partial charge is 0.409 e. The van der Waals surface area contributed by atoms with Crippen LogP contribution in [0.5, 0.6) is 0 Å². The fourth-order valence-corrected chi connectivity index (χ4v) is 4.71. The molecule has 1 aromatic carbocycles. The van der Waals surface area contributed by atoms with Crippen LogP contribution in [-0.2, 0) is 11.8 Å². The van der Waals surface area contributed by atoms with Crippen LogP contribution in [0.1, 0.15) is 24.0 Å². The maximum atomic E-state index is 15.4. The topological polar surface area (TPSA) is 122 Å². The van der Waals surface area contributed by atoms with Crippen molar-refractivity contribution in [3.8, 4) is 11.1 Å². The number of aromatic nitrogens is 4. The van der Waals surface area contributed by atoms with E-state index < -0.39 is 11.9 Å². The first-order valence-corrected chi connectivity index (χ1v) is 11.1. The summed E-state index contributed by atoms with van der Waals surface area (Å²) in [7, 11) is 1.84. The first kappa shape index (κ1) is 22.5. The van der Waals surface area contributed by atoms with Crippen LogP contribution in [0, 0.1) is 24.6 Å². The van der Waals surface area contributed by atoms with Gasteiger partial charge in [-0.25, -0.2) is 14.2 Å².